The van der Waals surface area contributed by atoms with Crippen LogP contribution in [0.25, 0.3) is 11.3 Å². The third-order valence-electron chi connectivity index (χ3n) is 12.2. The number of likely N-dealkylation sites (tertiary alicyclic amines) is 1. The van der Waals surface area contributed by atoms with Gasteiger partial charge in [-0.05, 0) is 67.5 Å². The van der Waals surface area contributed by atoms with Gasteiger partial charge in [0.05, 0.1) is 23.4 Å². The van der Waals surface area contributed by atoms with E-state index in [1.807, 2.05) is 62.8 Å². The van der Waals surface area contributed by atoms with Crippen LogP contribution in [0, 0.1) is 18.7 Å². The smallest absolute Gasteiger partial charge is 0.315 e. The molecule has 1 unspecified atom stereocenters. The minimum absolute atomic E-state index is 0.0793. The van der Waals surface area contributed by atoms with Gasteiger partial charge in [0.15, 0.2) is 17.5 Å². The van der Waals surface area contributed by atoms with E-state index in [4.69, 9.17) is 9.62 Å². The van der Waals surface area contributed by atoms with Gasteiger partial charge in [0.2, 0.25) is 17.8 Å². The number of aromatic nitrogens is 6. The van der Waals surface area contributed by atoms with E-state index in [1.165, 1.54) is 0 Å². The number of anilines is 3. The van der Waals surface area contributed by atoms with Crippen molar-refractivity contribution in [3.05, 3.63) is 94.6 Å². The molecule has 3 saturated heterocycles. The van der Waals surface area contributed by atoms with Crippen LogP contribution in [0.2, 0.25) is 0 Å². The SMILES string of the molecule is Cc1cc(-c2nc(Nc3ccn(C4CN(CC5CCN(c6ccc7c(c6)C(=O)N(C6CCC(=O)NC6=O)C7=O)CC5)C4)n3)ncc2F)ccc1CNC(=O)c1nc(C(C)(C)C)no1. The Hall–Kier alpha value is -6.89. The standard InChI is InChI=1S/C44H47FN12O6/c1-24-17-26(5-6-27(24)19-46-38(60)39-51-42(53-63-39)44(2,3)4)36-32(45)20-47-43(50-36)48-34-13-16-56(52-34)29-22-54(23-29)21-25-11-14-55(15-12-25)28-7-8-30-31(18-28)41(62)57(40(30)61)33-9-10-35(58)49-37(33)59/h5-8,13,16-18,20,25,29,33H,9-12,14-15,19,21-23H2,1-4H3,(H,46,60)(H,49,58,59)(H,47,48,50,52). The van der Waals surface area contributed by atoms with Crippen molar-refractivity contribution in [1.82, 2.24) is 50.3 Å². The molecule has 18 nitrogen and oxygen atoms in total. The summed E-state index contributed by atoms with van der Waals surface area (Å²) in [7, 11) is 0. The van der Waals surface area contributed by atoms with Gasteiger partial charge in [0, 0.05) is 74.6 Å². The number of carbonyl (C=O) groups excluding carboxylic acids is 5. The Morgan fingerprint density at radius 2 is 1.75 bits per heavy atom. The second kappa shape index (κ2) is 16.4. The molecule has 4 aliphatic heterocycles. The minimum atomic E-state index is -0.988. The lowest BCUT2D eigenvalue weighted by molar-refractivity contribution is -0.136. The summed E-state index contributed by atoms with van der Waals surface area (Å²) < 4.78 is 22.1. The Bertz CT molecular complexity index is 2640. The quantitative estimate of drug-likeness (QED) is 0.158. The summed E-state index contributed by atoms with van der Waals surface area (Å²) in [6.45, 7) is 12.2. The number of benzene rings is 2. The van der Waals surface area contributed by atoms with Crippen molar-refractivity contribution in [1.29, 1.82) is 0 Å². The number of aryl methyl sites for hydroxylation is 1. The van der Waals surface area contributed by atoms with Gasteiger partial charge in [-0.1, -0.05) is 38.1 Å². The predicted molar refractivity (Wildman–Crippen MR) is 225 cm³/mol. The van der Waals surface area contributed by atoms with Crippen LogP contribution in [0.15, 0.2) is 59.4 Å². The Labute approximate surface area is 361 Å². The molecule has 5 amide bonds. The number of imide groups is 2. The van der Waals surface area contributed by atoms with Crippen LogP contribution >= 0.6 is 0 Å². The maximum atomic E-state index is 15.1. The highest BCUT2D eigenvalue weighted by Gasteiger charge is 2.45. The van der Waals surface area contributed by atoms with Crippen molar-refractivity contribution >= 4 is 47.0 Å². The molecule has 2 aromatic carbocycles. The van der Waals surface area contributed by atoms with Gasteiger partial charge in [-0.15, -0.1) is 0 Å². The number of piperidine rings is 2. The maximum Gasteiger partial charge on any atom is 0.315 e. The second-order valence-corrected chi connectivity index (χ2v) is 17.7. The molecule has 1 atom stereocenters. The molecule has 19 heteroatoms. The van der Waals surface area contributed by atoms with Gasteiger partial charge in [-0.25, -0.2) is 14.4 Å². The number of hydrogen-bond donors (Lipinski definition) is 3. The van der Waals surface area contributed by atoms with Crippen LogP contribution in [0.1, 0.15) is 101 Å². The summed E-state index contributed by atoms with van der Waals surface area (Å²) >= 11 is 0. The van der Waals surface area contributed by atoms with Crippen molar-refractivity contribution < 1.29 is 32.9 Å². The van der Waals surface area contributed by atoms with Crippen LogP contribution in [-0.4, -0.2) is 108 Å². The summed E-state index contributed by atoms with van der Waals surface area (Å²) in [6, 6.07) is 11.7. The number of amides is 5. The molecule has 0 spiro atoms. The highest BCUT2D eigenvalue weighted by Crippen LogP contribution is 2.34. The fraction of sp³-hybridized carbons (Fsp3) is 0.409. The van der Waals surface area contributed by atoms with Gasteiger partial charge in [0.25, 0.3) is 11.8 Å². The summed E-state index contributed by atoms with van der Waals surface area (Å²) in [5, 5.41) is 16.8. The van der Waals surface area contributed by atoms with Gasteiger partial charge >= 0.3 is 11.8 Å². The number of nitrogens with zero attached hydrogens (tertiary/aromatic N) is 9. The molecular formula is C44H47FN12O6. The number of nitrogens with one attached hydrogen (secondary N) is 3. The highest BCUT2D eigenvalue weighted by atomic mass is 19.1. The average Bonchev–Trinajstić information content (AvgIpc) is 3.99. The zero-order valence-corrected chi connectivity index (χ0v) is 35.4. The fourth-order valence-electron chi connectivity index (χ4n) is 8.52. The Kier molecular flexibility index (Phi) is 10.8. The first kappa shape index (κ1) is 41.5. The fourth-order valence-corrected chi connectivity index (χ4v) is 8.52. The topological polar surface area (TPSA) is 214 Å². The molecule has 3 N–H and O–H groups in total. The Morgan fingerprint density at radius 1 is 0.968 bits per heavy atom. The number of rotatable bonds is 11. The maximum absolute atomic E-state index is 15.1. The molecule has 9 rings (SSSR count). The molecule has 5 aromatic rings. The van der Waals surface area contributed by atoms with Crippen molar-refractivity contribution in [2.45, 2.75) is 77.4 Å². The first-order valence-corrected chi connectivity index (χ1v) is 21.1. The van der Waals surface area contributed by atoms with E-state index in [0.29, 0.717) is 28.7 Å². The van der Waals surface area contributed by atoms with Crippen LogP contribution in [0.4, 0.5) is 21.8 Å². The predicted octanol–water partition coefficient (Wildman–Crippen LogP) is 4.32. The van der Waals surface area contributed by atoms with Crippen molar-refractivity contribution in [2.75, 3.05) is 42.9 Å². The third kappa shape index (κ3) is 8.39. The minimum Gasteiger partial charge on any atom is -0.371 e. The highest BCUT2D eigenvalue weighted by molar-refractivity contribution is 6.23. The lowest BCUT2D eigenvalue weighted by Gasteiger charge is -2.43. The van der Waals surface area contributed by atoms with E-state index in [1.54, 1.807) is 18.2 Å². The van der Waals surface area contributed by atoms with Crippen LogP contribution < -0.4 is 20.9 Å². The lowest BCUT2D eigenvalue weighted by Crippen LogP contribution is -2.54. The van der Waals surface area contributed by atoms with Gasteiger partial charge in [-0.2, -0.15) is 10.1 Å². The molecule has 3 aromatic heterocycles. The molecular weight excluding hydrogens is 812 g/mol. The normalized spacial score (nSPS) is 18.7. The van der Waals surface area contributed by atoms with Gasteiger partial charge < -0.3 is 20.1 Å². The van der Waals surface area contributed by atoms with Crippen molar-refractivity contribution in [2.24, 2.45) is 5.92 Å². The van der Waals surface area contributed by atoms with E-state index >= 15 is 4.39 Å². The second-order valence-electron chi connectivity index (χ2n) is 17.7. The molecule has 0 radical (unpaired) electrons. The summed E-state index contributed by atoms with van der Waals surface area (Å²) in [4.78, 5) is 81.7. The summed E-state index contributed by atoms with van der Waals surface area (Å²) in [5.41, 5.74) is 3.43. The number of halogens is 1. The number of hydrogen-bond acceptors (Lipinski definition) is 14. The zero-order valence-electron chi connectivity index (χ0n) is 35.4. The van der Waals surface area contributed by atoms with Crippen LogP contribution in [0.3, 0.4) is 0 Å². The van der Waals surface area contributed by atoms with E-state index in [9.17, 15) is 24.0 Å². The van der Waals surface area contributed by atoms with Gasteiger partial charge in [0.1, 0.15) is 11.7 Å². The number of carbonyl (C=O) groups is 5. The average molecular weight is 859 g/mol. The van der Waals surface area contributed by atoms with Gasteiger partial charge in [-0.3, -0.25) is 43.8 Å². The lowest BCUT2D eigenvalue weighted by atomic mass is 9.93. The first-order chi connectivity index (χ1) is 30.2. The molecule has 7 heterocycles. The first-order valence-electron chi connectivity index (χ1n) is 21.1. The molecule has 0 saturated carbocycles. The van der Waals surface area contributed by atoms with E-state index in [2.05, 4.69) is 45.9 Å². The Balaban J connectivity index is 0.741. The van der Waals surface area contributed by atoms with Crippen LogP contribution in [-0.2, 0) is 21.5 Å². The largest absolute Gasteiger partial charge is 0.371 e. The summed E-state index contributed by atoms with van der Waals surface area (Å²) in [5.74, 6) is -1.50. The van der Waals surface area contributed by atoms with Crippen molar-refractivity contribution in [3.63, 3.8) is 0 Å². The van der Waals surface area contributed by atoms with E-state index in [-0.39, 0.29) is 53.9 Å². The Morgan fingerprint density at radius 3 is 2.48 bits per heavy atom. The summed E-state index contributed by atoms with van der Waals surface area (Å²) in [6.07, 6.45) is 5.20. The molecule has 326 valence electrons. The molecule has 3 fully saturated rings. The molecule has 0 aliphatic carbocycles. The zero-order chi connectivity index (χ0) is 44.2. The molecule has 63 heavy (non-hydrogen) atoms. The number of fused-ring (bicyclic) bond motifs is 1. The monoisotopic (exact) mass is 858 g/mol. The molecule has 4 aliphatic rings. The third-order valence-corrected chi connectivity index (χ3v) is 12.2. The van der Waals surface area contributed by atoms with Crippen molar-refractivity contribution in [3.8, 4) is 11.3 Å². The van der Waals surface area contributed by atoms with E-state index < -0.39 is 41.4 Å². The van der Waals surface area contributed by atoms with E-state index in [0.717, 1.165) is 73.5 Å². The molecule has 0 bridgehead atoms. The van der Waals surface area contributed by atoms with Crippen LogP contribution in [0.5, 0.6) is 0 Å².